The van der Waals surface area contributed by atoms with E-state index < -0.39 is 8.80 Å². The Morgan fingerprint density at radius 1 is 0.500 bits per heavy atom. The van der Waals surface area contributed by atoms with Crippen molar-refractivity contribution in [2.45, 2.75) is 20.8 Å². The van der Waals surface area contributed by atoms with Crippen LogP contribution in [0.3, 0.4) is 0 Å². The van der Waals surface area contributed by atoms with Crippen molar-refractivity contribution in [3.05, 3.63) is 102 Å². The van der Waals surface area contributed by atoms with E-state index in [1.54, 1.807) is 0 Å². The monoisotopic (exact) mass is 492 g/mol. The van der Waals surface area contributed by atoms with Crippen LogP contribution in [0.15, 0.2) is 91.0 Å². The maximum Gasteiger partial charge on any atom is 0.537 e. The number of hydrogen-bond donors (Lipinski definition) is 0. The Hall–Kier alpha value is -3.28. The van der Waals surface area contributed by atoms with Gasteiger partial charge < -0.3 is 13.3 Å². The molecular formula is C32H32O3Si. The predicted molar refractivity (Wildman–Crippen MR) is 155 cm³/mol. The number of benzene rings is 5. The van der Waals surface area contributed by atoms with Crippen molar-refractivity contribution in [3.63, 3.8) is 0 Å². The fourth-order valence-corrected chi connectivity index (χ4v) is 7.21. The number of fused-ring (bicyclic) bond motifs is 3. The average Bonchev–Trinajstić information content (AvgIpc) is 2.90. The van der Waals surface area contributed by atoms with E-state index in [0.717, 1.165) is 10.8 Å². The SMILES string of the molecule is CCO[Si](OCC)(OCC)c1ccc(C=Cc2ccc3cc4cc5ccccc5cc4cc3c2)cc1. The van der Waals surface area contributed by atoms with Crippen LogP contribution in [0.4, 0.5) is 0 Å². The molecule has 0 spiro atoms. The lowest BCUT2D eigenvalue weighted by molar-refractivity contribution is 0.0859. The Morgan fingerprint density at radius 2 is 0.944 bits per heavy atom. The summed E-state index contributed by atoms with van der Waals surface area (Å²) in [7, 11) is -2.88. The van der Waals surface area contributed by atoms with Gasteiger partial charge in [-0.05, 0) is 94.5 Å². The van der Waals surface area contributed by atoms with Gasteiger partial charge in [-0.3, -0.25) is 0 Å². The summed E-state index contributed by atoms with van der Waals surface area (Å²) in [5.74, 6) is 0. The summed E-state index contributed by atoms with van der Waals surface area (Å²) >= 11 is 0. The molecule has 0 saturated carbocycles. The molecule has 5 aromatic carbocycles. The molecular weight excluding hydrogens is 460 g/mol. The van der Waals surface area contributed by atoms with E-state index in [4.69, 9.17) is 13.3 Å². The molecule has 0 atom stereocenters. The van der Waals surface area contributed by atoms with Crippen LogP contribution >= 0.6 is 0 Å². The van der Waals surface area contributed by atoms with Gasteiger partial charge in [-0.1, -0.05) is 72.8 Å². The van der Waals surface area contributed by atoms with Crippen LogP contribution in [-0.4, -0.2) is 28.6 Å². The molecule has 36 heavy (non-hydrogen) atoms. The zero-order chi connectivity index (χ0) is 25.0. The summed E-state index contributed by atoms with van der Waals surface area (Å²) in [6, 6.07) is 32.7. The average molecular weight is 493 g/mol. The van der Waals surface area contributed by atoms with Crippen LogP contribution < -0.4 is 5.19 Å². The first-order valence-electron chi connectivity index (χ1n) is 12.7. The maximum absolute atomic E-state index is 6.04. The molecule has 0 unspecified atom stereocenters. The van der Waals surface area contributed by atoms with E-state index in [2.05, 4.69) is 103 Å². The van der Waals surface area contributed by atoms with Gasteiger partial charge in [0.1, 0.15) is 0 Å². The summed E-state index contributed by atoms with van der Waals surface area (Å²) in [5, 5.41) is 8.58. The van der Waals surface area contributed by atoms with Gasteiger partial charge in [0.2, 0.25) is 0 Å². The summed E-state index contributed by atoms with van der Waals surface area (Å²) < 4.78 is 18.1. The Kier molecular flexibility index (Phi) is 7.30. The molecule has 0 radical (unpaired) electrons. The molecule has 0 amide bonds. The molecule has 0 saturated heterocycles. The van der Waals surface area contributed by atoms with Gasteiger partial charge in [0.15, 0.2) is 0 Å². The number of hydrogen-bond acceptors (Lipinski definition) is 3. The van der Waals surface area contributed by atoms with Crippen molar-refractivity contribution in [2.24, 2.45) is 0 Å². The minimum absolute atomic E-state index is 0.557. The first-order chi connectivity index (χ1) is 17.6. The molecule has 0 aromatic heterocycles. The van der Waals surface area contributed by atoms with Crippen molar-refractivity contribution < 1.29 is 13.3 Å². The summed E-state index contributed by atoms with van der Waals surface area (Å²) in [4.78, 5) is 0. The summed E-state index contributed by atoms with van der Waals surface area (Å²) in [5.41, 5.74) is 2.30. The lowest BCUT2D eigenvalue weighted by Gasteiger charge is -2.28. The molecule has 0 fully saturated rings. The lowest BCUT2D eigenvalue weighted by atomic mass is 9.98. The largest absolute Gasteiger partial charge is 0.537 e. The molecule has 0 heterocycles. The molecule has 0 bridgehead atoms. The Balaban J connectivity index is 1.41. The summed E-state index contributed by atoms with van der Waals surface area (Å²) in [6.07, 6.45) is 4.31. The second kappa shape index (κ2) is 10.8. The van der Waals surface area contributed by atoms with E-state index in [-0.39, 0.29) is 0 Å². The molecule has 0 aliphatic rings. The van der Waals surface area contributed by atoms with Crippen LogP contribution in [0.2, 0.25) is 0 Å². The Morgan fingerprint density at radius 3 is 1.50 bits per heavy atom. The van der Waals surface area contributed by atoms with Gasteiger partial charge >= 0.3 is 8.80 Å². The van der Waals surface area contributed by atoms with Crippen molar-refractivity contribution in [2.75, 3.05) is 19.8 Å². The zero-order valence-corrected chi connectivity index (χ0v) is 22.2. The minimum Gasteiger partial charge on any atom is -0.370 e. The van der Waals surface area contributed by atoms with Crippen LogP contribution in [0.25, 0.3) is 44.5 Å². The normalized spacial score (nSPS) is 12.3. The van der Waals surface area contributed by atoms with Crippen molar-refractivity contribution in [3.8, 4) is 0 Å². The maximum atomic E-state index is 6.04. The second-order valence-corrected chi connectivity index (χ2v) is 11.4. The summed E-state index contributed by atoms with van der Waals surface area (Å²) in [6.45, 7) is 7.60. The minimum atomic E-state index is -2.88. The van der Waals surface area contributed by atoms with Crippen molar-refractivity contribution >= 4 is 58.5 Å². The van der Waals surface area contributed by atoms with Crippen molar-refractivity contribution in [1.82, 2.24) is 0 Å². The van der Waals surface area contributed by atoms with E-state index >= 15 is 0 Å². The second-order valence-electron chi connectivity index (χ2n) is 8.82. The predicted octanol–water partition coefficient (Wildman–Crippen LogP) is 7.57. The van der Waals surface area contributed by atoms with E-state index in [0.29, 0.717) is 19.8 Å². The van der Waals surface area contributed by atoms with E-state index in [9.17, 15) is 0 Å². The van der Waals surface area contributed by atoms with Crippen LogP contribution in [-0.2, 0) is 13.3 Å². The van der Waals surface area contributed by atoms with Gasteiger partial charge in [-0.25, -0.2) is 0 Å². The van der Waals surface area contributed by atoms with Gasteiger partial charge in [-0.15, -0.1) is 0 Å². The fraction of sp³-hybridized carbons (Fsp3) is 0.188. The van der Waals surface area contributed by atoms with Crippen LogP contribution in [0, 0.1) is 0 Å². The van der Waals surface area contributed by atoms with Gasteiger partial charge in [0, 0.05) is 25.0 Å². The van der Waals surface area contributed by atoms with Gasteiger partial charge in [0.05, 0.1) is 0 Å². The number of rotatable bonds is 9. The van der Waals surface area contributed by atoms with Crippen molar-refractivity contribution in [1.29, 1.82) is 0 Å². The Bertz CT molecular complexity index is 1510. The molecule has 0 N–H and O–H groups in total. The molecule has 5 aromatic rings. The third kappa shape index (κ3) is 4.99. The van der Waals surface area contributed by atoms with Crippen LogP contribution in [0.5, 0.6) is 0 Å². The highest BCUT2D eigenvalue weighted by atomic mass is 28.4. The first-order valence-corrected chi connectivity index (χ1v) is 14.4. The molecule has 182 valence electrons. The lowest BCUT2D eigenvalue weighted by Crippen LogP contribution is -2.56. The van der Waals surface area contributed by atoms with E-state index in [1.807, 2.05) is 20.8 Å². The van der Waals surface area contributed by atoms with Gasteiger partial charge in [0.25, 0.3) is 0 Å². The highest BCUT2D eigenvalue weighted by Gasteiger charge is 2.43. The highest BCUT2D eigenvalue weighted by Crippen LogP contribution is 2.28. The molecule has 0 aliphatic heterocycles. The smallest absolute Gasteiger partial charge is 0.370 e. The Labute approximate surface area is 214 Å². The third-order valence-electron chi connectivity index (χ3n) is 6.42. The molecule has 3 nitrogen and oxygen atoms in total. The van der Waals surface area contributed by atoms with Crippen LogP contribution in [0.1, 0.15) is 31.9 Å². The highest BCUT2D eigenvalue weighted by molar-refractivity contribution is 6.75. The molecule has 5 rings (SSSR count). The standard InChI is InChI=1S/C32H32O3Si/c1-4-33-36(34-5-2,35-6-3)32-17-14-24(15-18-32)11-12-25-13-16-28-22-30-20-26-9-7-8-10-27(26)21-31(30)23-29(28)19-25/h7-23H,4-6H2,1-3H3. The quantitative estimate of drug-likeness (QED) is 0.121. The zero-order valence-electron chi connectivity index (χ0n) is 21.2. The topological polar surface area (TPSA) is 27.7 Å². The first kappa shape index (κ1) is 24.4. The van der Waals surface area contributed by atoms with Gasteiger partial charge in [-0.2, -0.15) is 0 Å². The molecule has 4 heteroatoms. The molecule has 0 aliphatic carbocycles. The third-order valence-corrected chi connectivity index (χ3v) is 9.47. The fourth-order valence-electron chi connectivity index (χ4n) is 4.75. The van der Waals surface area contributed by atoms with E-state index in [1.165, 1.54) is 37.9 Å².